The molecular formula is C11H10BrNO. The Morgan fingerprint density at radius 2 is 2.29 bits per heavy atom. The van der Waals surface area contributed by atoms with Crippen LogP contribution in [0.5, 0.6) is 5.75 Å². The average molecular weight is 252 g/mol. The Morgan fingerprint density at radius 1 is 1.43 bits per heavy atom. The van der Waals surface area contributed by atoms with Gasteiger partial charge in [-0.15, -0.1) is 0 Å². The van der Waals surface area contributed by atoms with Gasteiger partial charge in [0.05, 0.1) is 7.11 Å². The van der Waals surface area contributed by atoms with Crippen molar-refractivity contribution in [1.82, 2.24) is 4.98 Å². The fourth-order valence-electron chi connectivity index (χ4n) is 1.42. The number of aromatic nitrogens is 1. The molecule has 0 bridgehead atoms. The van der Waals surface area contributed by atoms with Crippen molar-refractivity contribution in [3.8, 4) is 5.75 Å². The molecule has 0 unspecified atom stereocenters. The molecule has 1 heterocycles. The molecule has 0 saturated heterocycles. The molecule has 0 saturated carbocycles. The maximum absolute atomic E-state index is 5.23. The molecule has 2 nitrogen and oxygen atoms in total. The van der Waals surface area contributed by atoms with Crippen LogP contribution in [0.2, 0.25) is 0 Å². The van der Waals surface area contributed by atoms with E-state index in [4.69, 9.17) is 4.74 Å². The molecule has 0 amide bonds. The van der Waals surface area contributed by atoms with Crippen LogP contribution in [0.25, 0.3) is 10.9 Å². The second-order valence-corrected chi connectivity index (χ2v) is 3.57. The first kappa shape index (κ1) is 9.46. The van der Waals surface area contributed by atoms with Crippen LogP contribution in [-0.2, 0) is 5.33 Å². The average Bonchev–Trinajstić information content (AvgIpc) is 2.27. The Morgan fingerprint density at radius 3 is 3.00 bits per heavy atom. The number of benzene rings is 1. The second-order valence-electron chi connectivity index (χ2n) is 3.01. The van der Waals surface area contributed by atoms with E-state index in [1.165, 1.54) is 5.56 Å². The number of fused-ring (bicyclic) bond motifs is 1. The van der Waals surface area contributed by atoms with Gasteiger partial charge in [0.15, 0.2) is 0 Å². The topological polar surface area (TPSA) is 22.1 Å². The first-order chi connectivity index (χ1) is 6.85. The molecule has 0 aliphatic carbocycles. The lowest BCUT2D eigenvalue weighted by Crippen LogP contribution is -1.88. The molecule has 0 N–H and O–H groups in total. The van der Waals surface area contributed by atoms with E-state index >= 15 is 0 Å². The lowest BCUT2D eigenvalue weighted by atomic mass is 10.1. The zero-order chi connectivity index (χ0) is 9.97. The molecule has 0 atom stereocenters. The Balaban J connectivity index is 2.67. The number of nitrogens with zero attached hydrogens (tertiary/aromatic N) is 1. The highest BCUT2D eigenvalue weighted by molar-refractivity contribution is 9.08. The predicted octanol–water partition coefficient (Wildman–Crippen LogP) is 3.14. The number of rotatable bonds is 2. The molecule has 72 valence electrons. The quantitative estimate of drug-likeness (QED) is 0.766. The highest BCUT2D eigenvalue weighted by Gasteiger charge is 2.02. The van der Waals surface area contributed by atoms with Crippen LogP contribution in [0.3, 0.4) is 0 Å². The van der Waals surface area contributed by atoms with Gasteiger partial charge in [0.1, 0.15) is 11.3 Å². The summed E-state index contributed by atoms with van der Waals surface area (Å²) >= 11 is 3.41. The summed E-state index contributed by atoms with van der Waals surface area (Å²) in [5, 5.41) is 1.94. The molecule has 3 heteroatoms. The molecule has 1 aromatic carbocycles. The van der Waals surface area contributed by atoms with Gasteiger partial charge in [-0.25, -0.2) is 0 Å². The Bertz CT molecular complexity index is 456. The predicted molar refractivity (Wildman–Crippen MR) is 60.9 cm³/mol. The number of ether oxygens (including phenoxy) is 1. The summed E-state index contributed by atoms with van der Waals surface area (Å²) in [6.45, 7) is 0. The zero-order valence-electron chi connectivity index (χ0n) is 7.83. The van der Waals surface area contributed by atoms with Gasteiger partial charge in [-0.3, -0.25) is 4.98 Å². The third kappa shape index (κ3) is 1.60. The molecule has 0 aliphatic rings. The first-order valence-electron chi connectivity index (χ1n) is 4.33. The van der Waals surface area contributed by atoms with Crippen molar-refractivity contribution >= 4 is 26.8 Å². The maximum atomic E-state index is 5.23. The van der Waals surface area contributed by atoms with Gasteiger partial charge in [0, 0.05) is 16.9 Å². The molecule has 2 aromatic rings. The van der Waals surface area contributed by atoms with Gasteiger partial charge in [-0.2, -0.15) is 0 Å². The van der Waals surface area contributed by atoms with Crippen molar-refractivity contribution < 1.29 is 4.74 Å². The van der Waals surface area contributed by atoms with Gasteiger partial charge in [-0.1, -0.05) is 28.1 Å². The largest absolute Gasteiger partial charge is 0.494 e. The summed E-state index contributed by atoms with van der Waals surface area (Å²) in [7, 11) is 1.66. The Labute approximate surface area is 91.0 Å². The lowest BCUT2D eigenvalue weighted by Gasteiger charge is -2.04. The van der Waals surface area contributed by atoms with Gasteiger partial charge in [-0.05, 0) is 17.7 Å². The van der Waals surface area contributed by atoms with Crippen molar-refractivity contribution in [2.75, 3.05) is 7.11 Å². The highest BCUT2D eigenvalue weighted by Crippen LogP contribution is 2.24. The minimum absolute atomic E-state index is 0.823. The number of hydrogen-bond donors (Lipinski definition) is 0. The summed E-state index contributed by atoms with van der Waals surface area (Å²) in [5.74, 6) is 0.823. The van der Waals surface area contributed by atoms with Crippen LogP contribution in [-0.4, -0.2) is 12.1 Å². The van der Waals surface area contributed by atoms with Crippen LogP contribution in [0, 0.1) is 0 Å². The van der Waals surface area contributed by atoms with E-state index in [0.29, 0.717) is 0 Å². The van der Waals surface area contributed by atoms with Crippen LogP contribution >= 0.6 is 15.9 Å². The summed E-state index contributed by atoms with van der Waals surface area (Å²) in [6.07, 6.45) is 1.86. The highest BCUT2D eigenvalue weighted by atomic mass is 79.9. The van der Waals surface area contributed by atoms with Crippen molar-refractivity contribution in [2.24, 2.45) is 0 Å². The molecule has 1 aromatic heterocycles. The summed E-state index contributed by atoms with van der Waals surface area (Å²) in [6, 6.07) is 8.04. The number of alkyl halides is 1. The van der Waals surface area contributed by atoms with Crippen molar-refractivity contribution in [1.29, 1.82) is 0 Å². The van der Waals surface area contributed by atoms with E-state index < -0.39 is 0 Å². The molecule has 0 fully saturated rings. The summed E-state index contributed by atoms with van der Waals surface area (Å²) < 4.78 is 5.23. The fraction of sp³-hybridized carbons (Fsp3) is 0.182. The van der Waals surface area contributed by atoms with Crippen molar-refractivity contribution in [2.45, 2.75) is 5.33 Å². The van der Waals surface area contributed by atoms with Gasteiger partial charge >= 0.3 is 0 Å². The molecule has 14 heavy (non-hydrogen) atoms. The monoisotopic (exact) mass is 251 g/mol. The van der Waals surface area contributed by atoms with Gasteiger partial charge in [0.2, 0.25) is 0 Å². The minimum atomic E-state index is 0.823. The number of methoxy groups -OCH3 is 1. The smallest absolute Gasteiger partial charge is 0.145 e. The van der Waals surface area contributed by atoms with Crippen molar-refractivity contribution in [3.05, 3.63) is 36.0 Å². The SMILES string of the molecule is COc1cccc2cc(CBr)cnc12. The van der Waals surface area contributed by atoms with E-state index in [9.17, 15) is 0 Å². The van der Waals surface area contributed by atoms with E-state index in [0.717, 1.165) is 22.0 Å². The Kier molecular flexibility index (Phi) is 2.68. The first-order valence-corrected chi connectivity index (χ1v) is 5.45. The van der Waals surface area contributed by atoms with Crippen LogP contribution in [0.15, 0.2) is 30.5 Å². The van der Waals surface area contributed by atoms with Crippen molar-refractivity contribution in [3.63, 3.8) is 0 Å². The minimum Gasteiger partial charge on any atom is -0.494 e. The third-order valence-electron chi connectivity index (χ3n) is 2.10. The van der Waals surface area contributed by atoms with Gasteiger partial charge in [0.25, 0.3) is 0 Å². The molecule has 2 rings (SSSR count). The fourth-order valence-corrected chi connectivity index (χ4v) is 1.72. The second kappa shape index (κ2) is 3.96. The van der Waals surface area contributed by atoms with Crippen LogP contribution in [0.1, 0.15) is 5.56 Å². The van der Waals surface area contributed by atoms with E-state index in [1.54, 1.807) is 7.11 Å². The van der Waals surface area contributed by atoms with Crippen LogP contribution < -0.4 is 4.74 Å². The molecular weight excluding hydrogens is 242 g/mol. The number of halogens is 1. The van der Waals surface area contributed by atoms with E-state index in [1.807, 2.05) is 24.4 Å². The normalized spacial score (nSPS) is 10.4. The molecule has 0 aliphatic heterocycles. The van der Waals surface area contributed by atoms with E-state index in [-0.39, 0.29) is 0 Å². The maximum Gasteiger partial charge on any atom is 0.145 e. The number of para-hydroxylation sites is 1. The van der Waals surface area contributed by atoms with Gasteiger partial charge < -0.3 is 4.74 Å². The summed E-state index contributed by atoms with van der Waals surface area (Å²) in [4.78, 5) is 4.37. The molecule has 0 radical (unpaired) electrons. The van der Waals surface area contributed by atoms with Crippen LogP contribution in [0.4, 0.5) is 0 Å². The third-order valence-corrected chi connectivity index (χ3v) is 2.75. The van der Waals surface area contributed by atoms with E-state index in [2.05, 4.69) is 27.0 Å². The number of hydrogen-bond acceptors (Lipinski definition) is 2. The zero-order valence-corrected chi connectivity index (χ0v) is 9.41. The standard InChI is InChI=1S/C11H10BrNO/c1-14-10-4-2-3-9-5-8(6-12)7-13-11(9)10/h2-5,7H,6H2,1H3. The lowest BCUT2D eigenvalue weighted by molar-refractivity contribution is 0.419. The molecule has 0 spiro atoms. The number of pyridine rings is 1. The summed E-state index contributed by atoms with van der Waals surface area (Å²) in [5.41, 5.74) is 2.09. The Hall–Kier alpha value is -1.09.